The molecule has 1 N–H and O–H groups in total. The number of halogens is 1. The van der Waals surface area contributed by atoms with Crippen LogP contribution >= 0.6 is 22.9 Å². The minimum atomic E-state index is -3.46. The highest BCUT2D eigenvalue weighted by Crippen LogP contribution is 2.34. The Morgan fingerprint density at radius 1 is 1.53 bits per heavy atom. The molecule has 0 aliphatic carbocycles. The lowest BCUT2D eigenvalue weighted by atomic mass is 9.92. The molecule has 0 aromatic carbocycles. The highest BCUT2D eigenvalue weighted by Gasteiger charge is 2.46. The maximum absolute atomic E-state index is 12.1. The van der Waals surface area contributed by atoms with Crippen molar-refractivity contribution >= 4 is 33.0 Å². The average Bonchev–Trinajstić information content (AvgIpc) is 2.62. The molecule has 0 atom stereocenters. The fourth-order valence-corrected chi connectivity index (χ4v) is 5.20. The molecule has 17 heavy (non-hydrogen) atoms. The molecule has 1 fully saturated rings. The van der Waals surface area contributed by atoms with Crippen LogP contribution in [-0.4, -0.2) is 36.5 Å². The summed E-state index contributed by atoms with van der Waals surface area (Å²) in [6.07, 6.45) is 1.47. The van der Waals surface area contributed by atoms with Crippen molar-refractivity contribution in [1.82, 2.24) is 4.31 Å². The molecule has 96 valence electrons. The van der Waals surface area contributed by atoms with Gasteiger partial charge >= 0.3 is 0 Å². The summed E-state index contributed by atoms with van der Waals surface area (Å²) in [4.78, 5) is 0. The summed E-state index contributed by atoms with van der Waals surface area (Å²) < 4.78 is 26.2. The third-order valence-electron chi connectivity index (χ3n) is 2.80. The lowest BCUT2D eigenvalue weighted by Gasteiger charge is -2.45. The van der Waals surface area contributed by atoms with Crippen molar-refractivity contribution in [1.29, 1.82) is 0 Å². The zero-order chi connectivity index (χ0) is 12.7. The second-order valence-electron chi connectivity index (χ2n) is 4.31. The molecular formula is C10H14ClNO3S2. The Balaban J connectivity index is 2.11. The van der Waals surface area contributed by atoms with Crippen LogP contribution in [0, 0.1) is 0 Å². The quantitative estimate of drug-likeness (QED) is 0.923. The van der Waals surface area contributed by atoms with E-state index in [-0.39, 0.29) is 17.3 Å². The van der Waals surface area contributed by atoms with Crippen molar-refractivity contribution in [2.24, 2.45) is 0 Å². The maximum atomic E-state index is 12.1. The molecule has 7 heteroatoms. The van der Waals surface area contributed by atoms with Crippen LogP contribution in [0.3, 0.4) is 0 Å². The molecule has 0 radical (unpaired) electrons. The first kappa shape index (κ1) is 13.3. The van der Waals surface area contributed by atoms with Crippen LogP contribution in [0.1, 0.15) is 19.8 Å². The Hall–Kier alpha value is -0.140. The summed E-state index contributed by atoms with van der Waals surface area (Å²) >= 11 is 6.76. The monoisotopic (exact) mass is 295 g/mol. The number of hydrogen-bond donors (Lipinski definition) is 1. The van der Waals surface area contributed by atoms with Gasteiger partial charge in [-0.1, -0.05) is 24.9 Å². The largest absolute Gasteiger partial charge is 0.387 e. The SMILES string of the molecule is CCCC1(O)CN(S(=O)(=O)c2ccc(Cl)s2)C1. The smallest absolute Gasteiger partial charge is 0.252 e. The number of thiophene rings is 1. The van der Waals surface area contributed by atoms with E-state index >= 15 is 0 Å². The van der Waals surface area contributed by atoms with Gasteiger partial charge in [0.15, 0.2) is 0 Å². The van der Waals surface area contributed by atoms with Crippen LogP contribution < -0.4 is 0 Å². The third-order valence-corrected chi connectivity index (χ3v) is 6.29. The molecular weight excluding hydrogens is 282 g/mol. The van der Waals surface area contributed by atoms with Crippen molar-refractivity contribution in [2.75, 3.05) is 13.1 Å². The van der Waals surface area contributed by atoms with E-state index in [1.54, 1.807) is 6.07 Å². The highest BCUT2D eigenvalue weighted by atomic mass is 35.5. The number of sulfonamides is 1. The molecule has 0 amide bonds. The van der Waals surface area contributed by atoms with Crippen LogP contribution in [-0.2, 0) is 10.0 Å². The van der Waals surface area contributed by atoms with Crippen LogP contribution in [0.2, 0.25) is 4.34 Å². The van der Waals surface area contributed by atoms with Gasteiger partial charge in [0.1, 0.15) is 4.21 Å². The summed E-state index contributed by atoms with van der Waals surface area (Å²) in [5, 5.41) is 9.97. The Morgan fingerprint density at radius 3 is 2.65 bits per heavy atom. The van der Waals surface area contributed by atoms with Crippen LogP contribution in [0.5, 0.6) is 0 Å². The van der Waals surface area contributed by atoms with E-state index < -0.39 is 15.6 Å². The summed E-state index contributed by atoms with van der Waals surface area (Å²) in [6, 6.07) is 3.07. The fraction of sp³-hybridized carbons (Fsp3) is 0.600. The summed E-state index contributed by atoms with van der Waals surface area (Å²) in [6.45, 7) is 2.32. The number of hydrogen-bond acceptors (Lipinski definition) is 4. The second-order valence-corrected chi connectivity index (χ2v) is 8.19. The van der Waals surface area contributed by atoms with Gasteiger partial charge in [-0.3, -0.25) is 0 Å². The van der Waals surface area contributed by atoms with Gasteiger partial charge in [-0.15, -0.1) is 11.3 Å². The average molecular weight is 296 g/mol. The van der Waals surface area contributed by atoms with Gasteiger partial charge in [0, 0.05) is 13.1 Å². The molecule has 1 aliphatic heterocycles. The number of nitrogens with zero attached hydrogens (tertiary/aromatic N) is 1. The zero-order valence-electron chi connectivity index (χ0n) is 9.39. The van der Waals surface area contributed by atoms with Crippen LogP contribution in [0.25, 0.3) is 0 Å². The normalized spacial score (nSPS) is 20.2. The summed E-state index contributed by atoms with van der Waals surface area (Å²) in [7, 11) is -3.46. The molecule has 0 saturated carbocycles. The zero-order valence-corrected chi connectivity index (χ0v) is 11.8. The molecule has 4 nitrogen and oxygen atoms in total. The van der Waals surface area contributed by atoms with Gasteiger partial charge in [-0.05, 0) is 18.6 Å². The van der Waals surface area contributed by atoms with Crippen molar-refractivity contribution < 1.29 is 13.5 Å². The Kier molecular flexibility index (Phi) is 3.53. The first-order chi connectivity index (χ1) is 7.87. The Labute approximate surface area is 110 Å². The standard InChI is InChI=1S/C10H14ClNO3S2/c1-2-5-10(13)6-12(7-10)17(14,15)9-4-3-8(11)16-9/h3-4,13H,2,5-7H2,1H3. The van der Waals surface area contributed by atoms with Crippen molar-refractivity contribution in [3.05, 3.63) is 16.5 Å². The van der Waals surface area contributed by atoms with Crippen molar-refractivity contribution in [3.8, 4) is 0 Å². The number of aliphatic hydroxyl groups is 1. The van der Waals surface area contributed by atoms with Gasteiger partial charge in [0.05, 0.1) is 9.94 Å². The van der Waals surface area contributed by atoms with E-state index in [2.05, 4.69) is 0 Å². The van der Waals surface area contributed by atoms with E-state index in [0.29, 0.717) is 10.8 Å². The highest BCUT2D eigenvalue weighted by molar-refractivity contribution is 7.91. The van der Waals surface area contributed by atoms with Gasteiger partial charge in [-0.25, -0.2) is 8.42 Å². The molecule has 2 heterocycles. The molecule has 2 rings (SSSR count). The Morgan fingerprint density at radius 2 is 2.18 bits per heavy atom. The molecule has 1 aromatic heterocycles. The van der Waals surface area contributed by atoms with Gasteiger partial charge < -0.3 is 5.11 Å². The summed E-state index contributed by atoms with van der Waals surface area (Å²) in [5.41, 5.74) is -0.844. The predicted molar refractivity (Wildman–Crippen MR) is 67.9 cm³/mol. The number of rotatable bonds is 4. The van der Waals surface area contributed by atoms with Gasteiger partial charge in [0.25, 0.3) is 10.0 Å². The first-order valence-corrected chi connectivity index (χ1v) is 7.99. The fourth-order valence-electron chi connectivity index (χ4n) is 1.97. The molecule has 0 spiro atoms. The first-order valence-electron chi connectivity index (χ1n) is 5.35. The second kappa shape index (κ2) is 4.51. The predicted octanol–water partition coefficient (Wildman–Crippen LogP) is 1.94. The molecule has 0 bridgehead atoms. The molecule has 1 aromatic rings. The van der Waals surface area contributed by atoms with Crippen molar-refractivity contribution in [2.45, 2.75) is 29.6 Å². The van der Waals surface area contributed by atoms with E-state index in [4.69, 9.17) is 11.6 Å². The molecule has 1 aliphatic rings. The van der Waals surface area contributed by atoms with E-state index in [0.717, 1.165) is 17.8 Å². The van der Waals surface area contributed by atoms with Crippen LogP contribution in [0.4, 0.5) is 0 Å². The summed E-state index contributed by atoms with van der Waals surface area (Å²) in [5.74, 6) is 0. The number of β-amino-alcohol motifs (C(OH)–C–C–N with tert-alkyl or cyclic N) is 1. The maximum Gasteiger partial charge on any atom is 0.252 e. The lowest BCUT2D eigenvalue weighted by Crippen LogP contribution is -2.63. The van der Waals surface area contributed by atoms with Crippen LogP contribution in [0.15, 0.2) is 16.3 Å². The lowest BCUT2D eigenvalue weighted by molar-refractivity contribution is -0.0652. The third kappa shape index (κ3) is 2.51. The molecule has 0 unspecified atom stereocenters. The van der Waals surface area contributed by atoms with E-state index in [1.807, 2.05) is 6.92 Å². The Bertz CT molecular complexity index is 505. The van der Waals surface area contributed by atoms with Gasteiger partial charge in [0.2, 0.25) is 0 Å². The van der Waals surface area contributed by atoms with Crippen molar-refractivity contribution in [3.63, 3.8) is 0 Å². The topological polar surface area (TPSA) is 57.6 Å². The van der Waals surface area contributed by atoms with Gasteiger partial charge in [-0.2, -0.15) is 4.31 Å². The minimum Gasteiger partial charge on any atom is -0.387 e. The molecule has 1 saturated heterocycles. The van der Waals surface area contributed by atoms with E-state index in [9.17, 15) is 13.5 Å². The minimum absolute atomic E-state index is 0.179. The van der Waals surface area contributed by atoms with E-state index in [1.165, 1.54) is 10.4 Å².